The monoisotopic (exact) mass is 621 g/mol. The van der Waals surface area contributed by atoms with Crippen LogP contribution in [0.4, 0.5) is 17.1 Å². The van der Waals surface area contributed by atoms with Gasteiger partial charge in [0.1, 0.15) is 5.75 Å². The van der Waals surface area contributed by atoms with Gasteiger partial charge in [-0.1, -0.05) is 77.9 Å². The van der Waals surface area contributed by atoms with Crippen LogP contribution in [0, 0.1) is 41.5 Å². The molecule has 0 saturated carbocycles. The summed E-state index contributed by atoms with van der Waals surface area (Å²) in [6.45, 7) is 12.9. The van der Waals surface area contributed by atoms with Crippen molar-refractivity contribution in [2.75, 3.05) is 4.90 Å². The summed E-state index contributed by atoms with van der Waals surface area (Å²) in [5.41, 5.74) is 21.4. The van der Waals surface area contributed by atoms with Crippen molar-refractivity contribution in [1.29, 1.82) is 0 Å². The van der Waals surface area contributed by atoms with Crippen molar-refractivity contribution in [1.82, 2.24) is 0 Å². The van der Waals surface area contributed by atoms with Gasteiger partial charge in [0, 0.05) is 27.8 Å². The number of nitrogens with zero attached hydrogens (tertiary/aromatic N) is 1. The van der Waals surface area contributed by atoms with Crippen molar-refractivity contribution in [3.8, 4) is 39.1 Å². The van der Waals surface area contributed by atoms with Crippen molar-refractivity contribution >= 4 is 45.9 Å². The minimum absolute atomic E-state index is 0.284. The van der Waals surface area contributed by atoms with Gasteiger partial charge in [-0.25, -0.2) is 0 Å². The maximum atomic E-state index is 6.99. The molecular formula is C44H36BNO2. The van der Waals surface area contributed by atoms with Gasteiger partial charge in [0.2, 0.25) is 0 Å². The Balaban J connectivity index is 1.31. The summed E-state index contributed by atoms with van der Waals surface area (Å²) in [6, 6.07) is 37.8. The first-order valence-electron chi connectivity index (χ1n) is 16.8. The molecule has 1 aromatic heterocycles. The van der Waals surface area contributed by atoms with Gasteiger partial charge in [-0.2, -0.15) is 0 Å². The Labute approximate surface area is 282 Å². The van der Waals surface area contributed by atoms with Gasteiger partial charge in [0.25, 0.3) is 0 Å². The molecule has 7 aromatic rings. The van der Waals surface area contributed by atoms with Crippen LogP contribution in [0.5, 0.6) is 5.75 Å². The average molecular weight is 622 g/mol. The summed E-state index contributed by atoms with van der Waals surface area (Å²) in [4.78, 5) is 2.39. The van der Waals surface area contributed by atoms with E-state index in [1.807, 2.05) is 0 Å². The van der Waals surface area contributed by atoms with E-state index in [1.165, 1.54) is 61.2 Å². The molecule has 0 aliphatic carbocycles. The largest absolute Gasteiger partial charge is 0.551 e. The highest BCUT2D eigenvalue weighted by atomic mass is 16.4. The molecule has 3 heterocycles. The van der Waals surface area contributed by atoms with Gasteiger partial charge < -0.3 is 14.0 Å². The first-order chi connectivity index (χ1) is 23.3. The fraction of sp³-hybridized carbons (Fsp3) is 0.136. The summed E-state index contributed by atoms with van der Waals surface area (Å²) in [7, 11) is 0. The molecule has 2 aliphatic heterocycles. The summed E-state index contributed by atoms with van der Waals surface area (Å²) in [5, 5.41) is 1.08. The molecule has 0 spiro atoms. The number of para-hydroxylation sites is 1. The topological polar surface area (TPSA) is 25.6 Å². The van der Waals surface area contributed by atoms with Crippen LogP contribution in [0.25, 0.3) is 44.3 Å². The molecule has 0 amide bonds. The molecule has 3 nitrogen and oxygen atoms in total. The highest BCUT2D eigenvalue weighted by Gasteiger charge is 2.44. The van der Waals surface area contributed by atoms with Gasteiger partial charge in [-0.3, -0.25) is 0 Å². The van der Waals surface area contributed by atoms with Crippen LogP contribution < -0.4 is 20.5 Å². The molecule has 0 bridgehead atoms. The Morgan fingerprint density at radius 3 is 1.90 bits per heavy atom. The zero-order chi connectivity index (χ0) is 32.8. The number of fused-ring (bicyclic) bond motifs is 6. The van der Waals surface area contributed by atoms with E-state index in [1.54, 1.807) is 6.26 Å². The third-order valence-corrected chi connectivity index (χ3v) is 10.3. The Hall–Kier alpha value is -5.48. The van der Waals surface area contributed by atoms with Crippen molar-refractivity contribution < 1.29 is 9.07 Å². The van der Waals surface area contributed by atoms with E-state index in [2.05, 4.69) is 150 Å². The average Bonchev–Trinajstić information content (AvgIpc) is 3.53. The lowest BCUT2D eigenvalue weighted by atomic mass is 9.49. The van der Waals surface area contributed by atoms with E-state index in [-0.39, 0.29) is 6.92 Å². The van der Waals surface area contributed by atoms with Crippen molar-refractivity contribution in [2.45, 2.75) is 41.5 Å². The number of furan rings is 1. The number of anilines is 3. The third-order valence-electron chi connectivity index (χ3n) is 10.3. The lowest BCUT2D eigenvalue weighted by Gasteiger charge is -2.39. The highest BCUT2D eigenvalue weighted by molar-refractivity contribution is 6.86. The lowest BCUT2D eigenvalue weighted by Crippen LogP contribution is -2.56. The first-order valence-corrected chi connectivity index (χ1v) is 16.8. The van der Waals surface area contributed by atoms with Gasteiger partial charge >= 0.3 is 6.92 Å². The molecule has 48 heavy (non-hydrogen) atoms. The van der Waals surface area contributed by atoms with Crippen LogP contribution in [0.15, 0.2) is 114 Å². The normalized spacial score (nSPS) is 12.9. The fourth-order valence-corrected chi connectivity index (χ4v) is 8.58. The van der Waals surface area contributed by atoms with Gasteiger partial charge in [-0.05, 0) is 133 Å². The predicted molar refractivity (Wildman–Crippen MR) is 201 cm³/mol. The molecule has 0 N–H and O–H groups in total. The van der Waals surface area contributed by atoms with E-state index in [4.69, 9.17) is 9.07 Å². The Bertz CT molecular complexity index is 2410. The molecule has 0 unspecified atom stereocenters. The van der Waals surface area contributed by atoms with Crippen LogP contribution in [0.2, 0.25) is 0 Å². The third kappa shape index (κ3) is 4.22. The van der Waals surface area contributed by atoms with Crippen LogP contribution in [0.1, 0.15) is 33.4 Å². The molecule has 4 heteroatoms. The lowest BCUT2D eigenvalue weighted by molar-refractivity contribution is 0.589. The zero-order valence-electron chi connectivity index (χ0n) is 28.2. The number of aryl methyl sites for hydroxylation is 6. The van der Waals surface area contributed by atoms with E-state index in [0.717, 1.165) is 50.3 Å². The van der Waals surface area contributed by atoms with Crippen molar-refractivity contribution in [2.24, 2.45) is 0 Å². The highest BCUT2D eigenvalue weighted by Crippen LogP contribution is 2.47. The number of rotatable bonds is 3. The fourth-order valence-electron chi connectivity index (χ4n) is 8.58. The van der Waals surface area contributed by atoms with Crippen LogP contribution in [-0.2, 0) is 0 Å². The Morgan fingerprint density at radius 1 is 0.583 bits per heavy atom. The van der Waals surface area contributed by atoms with E-state index in [9.17, 15) is 0 Å². The first kappa shape index (κ1) is 28.7. The summed E-state index contributed by atoms with van der Waals surface area (Å²) in [6.07, 6.45) is 1.81. The van der Waals surface area contributed by atoms with Gasteiger partial charge in [0.05, 0.1) is 12.0 Å². The number of hydrogen-bond acceptors (Lipinski definition) is 3. The summed E-state index contributed by atoms with van der Waals surface area (Å²) < 4.78 is 13.3. The summed E-state index contributed by atoms with van der Waals surface area (Å²) in [5.74, 6) is 0.907. The second-order valence-corrected chi connectivity index (χ2v) is 13.7. The van der Waals surface area contributed by atoms with Crippen LogP contribution in [-0.4, -0.2) is 6.92 Å². The summed E-state index contributed by atoms with van der Waals surface area (Å²) >= 11 is 0. The number of benzene rings is 6. The molecule has 232 valence electrons. The van der Waals surface area contributed by atoms with E-state index < -0.39 is 0 Å². The van der Waals surface area contributed by atoms with Gasteiger partial charge in [-0.15, -0.1) is 0 Å². The standard InChI is InChI=1S/C44H36BNO2/c1-25-19-27(3)40(28(4)20-25)31-11-14-34(15-12-31)46-38-16-13-32(41-29(5)21-26(2)22-30(41)6)24-37(38)45-42-36(35-9-7-8-10-39(35)48-45)23-33-17-18-47-44(33)43(42)46/h7-24H,1-6H3. The smallest absolute Gasteiger partial charge is 0.431 e. The molecule has 0 radical (unpaired) electrons. The quantitative estimate of drug-likeness (QED) is 0.184. The SMILES string of the molecule is Cc1cc(C)c(-c2ccc(N3c4ccc(-c5c(C)cc(C)cc5C)cc4B4Oc5ccccc5-c5cc6ccoc6c3c54)cc2)c(C)c1. The maximum absolute atomic E-state index is 6.99. The number of hydrogen-bond donors (Lipinski definition) is 0. The van der Waals surface area contributed by atoms with E-state index >= 15 is 0 Å². The molecule has 0 saturated heterocycles. The molecular weight excluding hydrogens is 585 g/mol. The molecule has 0 fully saturated rings. The molecule has 0 atom stereocenters. The molecule has 9 rings (SSSR count). The zero-order valence-corrected chi connectivity index (χ0v) is 28.2. The van der Waals surface area contributed by atoms with Gasteiger partial charge in [0.15, 0.2) is 5.58 Å². The van der Waals surface area contributed by atoms with Crippen molar-refractivity contribution in [3.63, 3.8) is 0 Å². The minimum Gasteiger partial charge on any atom is -0.551 e. The van der Waals surface area contributed by atoms with Crippen molar-refractivity contribution in [3.05, 3.63) is 143 Å². The molecule has 2 aliphatic rings. The predicted octanol–water partition coefficient (Wildman–Crippen LogP) is 10.6. The maximum Gasteiger partial charge on any atom is 0.431 e. The van der Waals surface area contributed by atoms with E-state index in [0.29, 0.717) is 0 Å². The minimum atomic E-state index is -0.284. The second-order valence-electron chi connectivity index (χ2n) is 13.7. The Kier molecular flexibility index (Phi) is 6.29. The van der Waals surface area contributed by atoms with Crippen LogP contribution in [0.3, 0.4) is 0 Å². The second kappa shape index (κ2) is 10.5. The molecule has 6 aromatic carbocycles. The Morgan fingerprint density at radius 2 is 1.21 bits per heavy atom. The van der Waals surface area contributed by atoms with Crippen LogP contribution >= 0.6 is 0 Å².